The number of nitrogens with one attached hydrogen (secondary N) is 1. The minimum Gasteiger partial charge on any atom is -0.493 e. The normalized spacial score (nSPS) is 13.3. The van der Waals surface area contributed by atoms with Crippen LogP contribution in [0.25, 0.3) is 0 Å². The minimum absolute atomic E-state index is 0.810. The highest BCUT2D eigenvalue weighted by Crippen LogP contribution is 2.32. The predicted molar refractivity (Wildman–Crippen MR) is 85.4 cm³/mol. The molecule has 0 unspecified atom stereocenters. The summed E-state index contributed by atoms with van der Waals surface area (Å²) < 4.78 is 12.4. The number of ether oxygens (including phenoxy) is 2. The van der Waals surface area contributed by atoms with Gasteiger partial charge in [-0.25, -0.2) is 0 Å². The third-order valence-corrected chi connectivity index (χ3v) is 3.88. The second-order valence-electron chi connectivity index (χ2n) is 5.15. The first-order chi connectivity index (χ1) is 9.81. The Labute approximate surface area is 130 Å². The van der Waals surface area contributed by atoms with Crippen molar-refractivity contribution in [3.8, 4) is 5.75 Å². The second kappa shape index (κ2) is 8.65. The maximum atomic E-state index is 5.72. The zero-order chi connectivity index (χ0) is 14.2. The zero-order valence-electron chi connectivity index (χ0n) is 12.2. The Morgan fingerprint density at radius 1 is 1.30 bits per heavy atom. The molecule has 0 amide bonds. The first-order valence-electron chi connectivity index (χ1n) is 7.54. The van der Waals surface area contributed by atoms with Crippen LogP contribution in [0, 0.1) is 0 Å². The third-order valence-electron chi connectivity index (χ3n) is 3.43. The van der Waals surface area contributed by atoms with E-state index in [1.807, 2.05) is 0 Å². The summed E-state index contributed by atoms with van der Waals surface area (Å²) in [6.07, 6.45) is 4.44. The monoisotopic (exact) mass is 341 g/mol. The van der Waals surface area contributed by atoms with Gasteiger partial charge in [-0.1, -0.05) is 29.3 Å². The summed E-state index contributed by atoms with van der Waals surface area (Å²) in [6, 6.07) is 4.31. The largest absolute Gasteiger partial charge is 0.493 e. The van der Waals surface area contributed by atoms with E-state index < -0.39 is 0 Å². The Balaban J connectivity index is 1.67. The average Bonchev–Trinajstić information content (AvgIpc) is 2.89. The lowest BCUT2D eigenvalue weighted by atomic mass is 10.1. The molecule has 1 aliphatic rings. The lowest BCUT2D eigenvalue weighted by Gasteiger charge is -2.10. The molecule has 0 aromatic heterocycles. The molecule has 1 aromatic carbocycles. The molecular formula is C16H24BrNO2. The lowest BCUT2D eigenvalue weighted by Crippen LogP contribution is -2.17. The average molecular weight is 342 g/mol. The molecule has 4 heteroatoms. The fourth-order valence-electron chi connectivity index (χ4n) is 2.35. The van der Waals surface area contributed by atoms with Crippen molar-refractivity contribution in [1.82, 2.24) is 5.32 Å². The number of rotatable bonds is 9. The van der Waals surface area contributed by atoms with Gasteiger partial charge in [0.25, 0.3) is 0 Å². The molecule has 0 saturated carbocycles. The van der Waals surface area contributed by atoms with Crippen molar-refractivity contribution in [1.29, 1.82) is 0 Å². The van der Waals surface area contributed by atoms with E-state index in [4.69, 9.17) is 9.47 Å². The molecule has 1 aliphatic heterocycles. The van der Waals surface area contributed by atoms with Crippen molar-refractivity contribution in [2.24, 2.45) is 0 Å². The Morgan fingerprint density at radius 3 is 3.00 bits per heavy atom. The Bertz CT molecular complexity index is 423. The van der Waals surface area contributed by atoms with E-state index in [-0.39, 0.29) is 0 Å². The summed E-state index contributed by atoms with van der Waals surface area (Å²) in [5, 5.41) is 3.47. The van der Waals surface area contributed by atoms with Crippen LogP contribution in [0.3, 0.4) is 0 Å². The number of fused-ring (bicyclic) bond motifs is 1. The highest BCUT2D eigenvalue weighted by molar-refractivity contribution is 9.10. The molecule has 0 radical (unpaired) electrons. The molecule has 3 nitrogen and oxygen atoms in total. The van der Waals surface area contributed by atoms with E-state index in [0.29, 0.717) is 0 Å². The van der Waals surface area contributed by atoms with Gasteiger partial charge in [0.15, 0.2) is 0 Å². The maximum Gasteiger partial charge on any atom is 0.127 e. The maximum absolute atomic E-state index is 5.72. The molecule has 0 fully saturated rings. The van der Waals surface area contributed by atoms with Gasteiger partial charge in [0.05, 0.1) is 6.61 Å². The Kier molecular flexibility index (Phi) is 6.83. The van der Waals surface area contributed by atoms with E-state index in [1.165, 1.54) is 17.5 Å². The predicted octanol–water partition coefficient (Wildman–Crippen LogP) is 3.68. The minimum atomic E-state index is 0.810. The van der Waals surface area contributed by atoms with E-state index >= 15 is 0 Å². The number of unbranched alkanes of at least 4 members (excludes halogenated alkanes) is 1. The summed E-state index contributed by atoms with van der Waals surface area (Å²) in [4.78, 5) is 0. The fourth-order valence-corrected chi connectivity index (χ4v) is 2.90. The van der Waals surface area contributed by atoms with Crippen LogP contribution >= 0.6 is 15.9 Å². The SMILES string of the molecule is CCCCOCCCNCc1cc(Br)cc2c1OCC2. The van der Waals surface area contributed by atoms with E-state index in [9.17, 15) is 0 Å². The van der Waals surface area contributed by atoms with Gasteiger partial charge in [0.1, 0.15) is 5.75 Å². The molecule has 1 heterocycles. The van der Waals surface area contributed by atoms with Gasteiger partial charge < -0.3 is 14.8 Å². The molecule has 2 rings (SSSR count). The van der Waals surface area contributed by atoms with Crippen LogP contribution in [0.5, 0.6) is 5.75 Å². The first kappa shape index (κ1) is 15.8. The molecule has 0 spiro atoms. The summed E-state index contributed by atoms with van der Waals surface area (Å²) >= 11 is 3.57. The molecule has 0 aliphatic carbocycles. The highest BCUT2D eigenvalue weighted by atomic mass is 79.9. The van der Waals surface area contributed by atoms with Crippen molar-refractivity contribution >= 4 is 15.9 Å². The van der Waals surface area contributed by atoms with E-state index in [1.54, 1.807) is 0 Å². The molecule has 20 heavy (non-hydrogen) atoms. The van der Waals surface area contributed by atoms with Crippen LogP contribution in [-0.2, 0) is 17.7 Å². The summed E-state index contributed by atoms with van der Waals surface area (Å²) in [6.45, 7) is 6.57. The van der Waals surface area contributed by atoms with Gasteiger partial charge in [0.2, 0.25) is 0 Å². The number of hydrogen-bond donors (Lipinski definition) is 1. The molecule has 1 aromatic rings. The topological polar surface area (TPSA) is 30.5 Å². The van der Waals surface area contributed by atoms with Crippen molar-refractivity contribution in [2.75, 3.05) is 26.4 Å². The molecule has 1 N–H and O–H groups in total. The molecular weight excluding hydrogens is 318 g/mol. The van der Waals surface area contributed by atoms with Crippen LogP contribution in [0.1, 0.15) is 37.3 Å². The number of halogens is 1. The van der Waals surface area contributed by atoms with Gasteiger partial charge >= 0.3 is 0 Å². The Hall–Kier alpha value is -0.580. The van der Waals surface area contributed by atoms with Crippen LogP contribution in [0.2, 0.25) is 0 Å². The standard InChI is InChI=1S/C16H24BrNO2/c1-2-3-7-19-8-4-6-18-12-14-11-15(17)10-13-5-9-20-16(13)14/h10-11,18H,2-9,12H2,1H3. The van der Waals surface area contributed by atoms with Crippen LogP contribution in [0.15, 0.2) is 16.6 Å². The summed E-state index contributed by atoms with van der Waals surface area (Å²) in [5.41, 5.74) is 2.57. The molecule has 0 bridgehead atoms. The second-order valence-corrected chi connectivity index (χ2v) is 6.06. The molecule has 0 atom stereocenters. The third kappa shape index (κ3) is 4.76. The van der Waals surface area contributed by atoms with Gasteiger partial charge in [-0.3, -0.25) is 0 Å². The van der Waals surface area contributed by atoms with Gasteiger partial charge in [-0.05, 0) is 37.1 Å². The van der Waals surface area contributed by atoms with Gasteiger partial charge in [0, 0.05) is 36.2 Å². The number of benzene rings is 1. The van der Waals surface area contributed by atoms with Crippen LogP contribution in [0.4, 0.5) is 0 Å². The molecule has 112 valence electrons. The van der Waals surface area contributed by atoms with Crippen molar-refractivity contribution < 1.29 is 9.47 Å². The summed E-state index contributed by atoms with van der Waals surface area (Å²) in [5.74, 6) is 1.08. The van der Waals surface area contributed by atoms with E-state index in [0.717, 1.165) is 62.4 Å². The van der Waals surface area contributed by atoms with Crippen molar-refractivity contribution in [3.05, 3.63) is 27.7 Å². The summed E-state index contributed by atoms with van der Waals surface area (Å²) in [7, 11) is 0. The fraction of sp³-hybridized carbons (Fsp3) is 0.625. The van der Waals surface area contributed by atoms with Crippen molar-refractivity contribution in [3.63, 3.8) is 0 Å². The van der Waals surface area contributed by atoms with E-state index in [2.05, 4.69) is 40.3 Å². The van der Waals surface area contributed by atoms with Crippen molar-refractivity contribution in [2.45, 2.75) is 39.2 Å². The van der Waals surface area contributed by atoms with Gasteiger partial charge in [-0.2, -0.15) is 0 Å². The number of hydrogen-bond acceptors (Lipinski definition) is 3. The quantitative estimate of drug-likeness (QED) is 0.695. The molecule has 0 saturated heterocycles. The highest BCUT2D eigenvalue weighted by Gasteiger charge is 2.16. The lowest BCUT2D eigenvalue weighted by molar-refractivity contribution is 0.128. The van der Waals surface area contributed by atoms with Gasteiger partial charge in [-0.15, -0.1) is 0 Å². The smallest absolute Gasteiger partial charge is 0.127 e. The van der Waals surface area contributed by atoms with Crippen LogP contribution in [-0.4, -0.2) is 26.4 Å². The zero-order valence-corrected chi connectivity index (χ0v) is 13.8. The Morgan fingerprint density at radius 2 is 2.15 bits per heavy atom. The van der Waals surface area contributed by atoms with Crippen LogP contribution < -0.4 is 10.1 Å². The first-order valence-corrected chi connectivity index (χ1v) is 8.33.